The Morgan fingerprint density at radius 3 is 2.58 bits per heavy atom. The van der Waals surface area contributed by atoms with Crippen LogP contribution in [0.5, 0.6) is 5.88 Å². The normalized spacial score (nSPS) is 20.0. The molecule has 0 unspecified atom stereocenters. The van der Waals surface area contributed by atoms with Gasteiger partial charge in [0.2, 0.25) is 11.7 Å². The molecule has 4 aromatic rings. The number of rotatable bonds is 12. The molecule has 48 heavy (non-hydrogen) atoms. The molecule has 1 saturated heterocycles. The van der Waals surface area contributed by atoms with Gasteiger partial charge in [-0.3, -0.25) is 9.58 Å². The molecule has 1 saturated carbocycles. The highest BCUT2D eigenvalue weighted by Gasteiger charge is 2.48. The number of fused-ring (bicyclic) bond motifs is 1. The summed E-state index contributed by atoms with van der Waals surface area (Å²) in [5.74, 6) is -1.35. The van der Waals surface area contributed by atoms with Crippen LogP contribution in [0, 0.1) is 11.3 Å². The molecule has 0 radical (unpaired) electrons. The van der Waals surface area contributed by atoms with Crippen LogP contribution < -0.4 is 10.5 Å². The van der Waals surface area contributed by atoms with Crippen molar-refractivity contribution in [3.05, 3.63) is 48.6 Å². The maximum Gasteiger partial charge on any atom is 0.451 e. The summed E-state index contributed by atoms with van der Waals surface area (Å²) >= 11 is 0. The molecule has 0 bridgehead atoms. The number of nitrogens with zero attached hydrogens (tertiary/aromatic N) is 9. The minimum atomic E-state index is -4.68. The Morgan fingerprint density at radius 2 is 1.90 bits per heavy atom. The Bertz CT molecular complexity index is 1770. The lowest BCUT2D eigenvalue weighted by atomic mass is 9.82. The number of halogens is 3. The van der Waals surface area contributed by atoms with Gasteiger partial charge in [-0.1, -0.05) is 19.6 Å². The van der Waals surface area contributed by atoms with Gasteiger partial charge in [0.1, 0.15) is 30.3 Å². The summed E-state index contributed by atoms with van der Waals surface area (Å²) in [6.45, 7) is 9.33. The molecule has 2 aliphatic rings. The maximum absolute atomic E-state index is 13.3. The molecule has 0 aromatic carbocycles. The van der Waals surface area contributed by atoms with Crippen LogP contribution in [0.3, 0.4) is 0 Å². The SMILES string of the molecule is C[Si](C)(C)CCOCn1ccc2c(-c3cnn(C4(CC#N)CN(C5CCC(Oc6cc(CN)nc(C(F)(F)F)n6)CC5)C4)c3)ncnc21. The number of ether oxygens (including phenoxy) is 2. The average molecular weight is 683 g/mol. The number of aromatic nitrogens is 7. The van der Waals surface area contributed by atoms with Crippen molar-refractivity contribution < 1.29 is 22.6 Å². The first-order valence-corrected chi connectivity index (χ1v) is 19.9. The van der Waals surface area contributed by atoms with Crippen molar-refractivity contribution in [3.63, 3.8) is 0 Å². The van der Waals surface area contributed by atoms with Gasteiger partial charge in [-0.05, 0) is 37.8 Å². The molecule has 5 heterocycles. The number of hydrogen-bond acceptors (Lipinski definition) is 10. The molecule has 4 aromatic heterocycles. The van der Waals surface area contributed by atoms with E-state index in [4.69, 9.17) is 20.3 Å². The van der Waals surface area contributed by atoms with Gasteiger partial charge < -0.3 is 19.8 Å². The van der Waals surface area contributed by atoms with Crippen LogP contribution in [-0.4, -0.2) is 79.1 Å². The van der Waals surface area contributed by atoms with Crippen molar-refractivity contribution in [3.8, 4) is 23.2 Å². The summed E-state index contributed by atoms with van der Waals surface area (Å²) in [4.78, 5) is 18.5. The van der Waals surface area contributed by atoms with Gasteiger partial charge in [0, 0.05) is 69.8 Å². The molecule has 1 aliphatic heterocycles. The first-order valence-electron chi connectivity index (χ1n) is 16.2. The minimum Gasteiger partial charge on any atom is -0.474 e. The van der Waals surface area contributed by atoms with E-state index in [1.165, 1.54) is 6.07 Å². The van der Waals surface area contributed by atoms with Crippen LogP contribution in [-0.2, 0) is 29.7 Å². The predicted molar refractivity (Wildman–Crippen MR) is 174 cm³/mol. The Labute approximate surface area is 278 Å². The van der Waals surface area contributed by atoms with E-state index in [2.05, 4.69) is 50.5 Å². The lowest BCUT2D eigenvalue weighted by Crippen LogP contribution is -2.65. The Kier molecular flexibility index (Phi) is 9.58. The molecule has 0 atom stereocenters. The maximum atomic E-state index is 13.3. The van der Waals surface area contributed by atoms with Gasteiger partial charge >= 0.3 is 6.18 Å². The van der Waals surface area contributed by atoms with Crippen molar-refractivity contribution >= 4 is 19.1 Å². The number of alkyl halides is 3. The van der Waals surface area contributed by atoms with Gasteiger partial charge in [-0.2, -0.15) is 28.5 Å². The van der Waals surface area contributed by atoms with E-state index in [9.17, 15) is 18.4 Å². The molecule has 2 fully saturated rings. The zero-order chi connectivity index (χ0) is 34.1. The van der Waals surface area contributed by atoms with Gasteiger partial charge in [0.15, 0.2) is 0 Å². The fourth-order valence-electron chi connectivity index (χ4n) is 6.50. The molecular weight excluding hydrogens is 641 g/mol. The second-order valence-electron chi connectivity index (χ2n) is 14.0. The van der Waals surface area contributed by atoms with Crippen LogP contribution in [0.15, 0.2) is 37.1 Å². The minimum absolute atomic E-state index is 0.0811. The average Bonchev–Trinajstić information content (AvgIpc) is 3.68. The lowest BCUT2D eigenvalue weighted by molar-refractivity contribution is -0.145. The molecular formula is C32H41F3N10O2Si. The standard InChI is InChI=1S/C32H41F3N10O2Si/c1-48(2,3)13-12-46-21-43-11-8-26-28(38-20-39-29(26)43)22-16-40-45(17-22)31(9-10-36)18-44(19-31)24-4-6-25(7-5-24)47-27-14-23(15-37)41-30(42-27)32(33,34)35/h8,11,14,16-17,20,24-25H,4-7,9,12-13,15,18-19,21,37H2,1-3H3. The third-order valence-electron chi connectivity index (χ3n) is 9.19. The van der Waals surface area contributed by atoms with Crippen molar-refractivity contribution in [2.45, 2.75) is 94.9 Å². The van der Waals surface area contributed by atoms with E-state index >= 15 is 0 Å². The monoisotopic (exact) mass is 682 g/mol. The highest BCUT2D eigenvalue weighted by atomic mass is 28.3. The van der Waals surface area contributed by atoms with Crippen LogP contribution >= 0.6 is 0 Å². The molecule has 16 heteroatoms. The van der Waals surface area contributed by atoms with E-state index in [1.54, 1.807) is 12.5 Å². The van der Waals surface area contributed by atoms with E-state index < -0.39 is 25.6 Å². The second kappa shape index (κ2) is 13.5. The third kappa shape index (κ3) is 7.38. The molecule has 1 aliphatic carbocycles. The van der Waals surface area contributed by atoms with Crippen molar-refractivity contribution in [1.29, 1.82) is 5.26 Å². The van der Waals surface area contributed by atoms with E-state index in [1.807, 2.05) is 27.7 Å². The van der Waals surface area contributed by atoms with Crippen molar-refractivity contribution in [2.75, 3.05) is 19.7 Å². The smallest absolute Gasteiger partial charge is 0.451 e. The fraction of sp³-hybridized carbons (Fsp3) is 0.562. The lowest BCUT2D eigenvalue weighted by Gasteiger charge is -2.53. The highest BCUT2D eigenvalue weighted by Crippen LogP contribution is 2.39. The third-order valence-corrected chi connectivity index (χ3v) is 10.9. The van der Waals surface area contributed by atoms with Gasteiger partial charge in [-0.25, -0.2) is 15.0 Å². The molecule has 0 amide bonds. The van der Waals surface area contributed by atoms with Gasteiger partial charge in [0.25, 0.3) is 0 Å². The molecule has 6 rings (SSSR count). The summed E-state index contributed by atoms with van der Waals surface area (Å²) < 4.78 is 55.5. The Balaban J connectivity index is 1.08. The van der Waals surface area contributed by atoms with E-state index in [0.717, 1.165) is 47.8 Å². The zero-order valence-electron chi connectivity index (χ0n) is 27.4. The number of likely N-dealkylation sites (tertiary alicyclic amines) is 1. The largest absolute Gasteiger partial charge is 0.474 e. The summed E-state index contributed by atoms with van der Waals surface area (Å²) in [7, 11) is -1.18. The Morgan fingerprint density at radius 1 is 1.12 bits per heavy atom. The number of nitrogens with two attached hydrogens (primary N) is 1. The summed E-state index contributed by atoms with van der Waals surface area (Å²) in [6.07, 6.45) is 5.64. The molecule has 0 spiro atoms. The molecule has 12 nitrogen and oxygen atoms in total. The van der Waals surface area contributed by atoms with Crippen molar-refractivity contribution in [2.24, 2.45) is 5.73 Å². The highest BCUT2D eigenvalue weighted by molar-refractivity contribution is 6.76. The first-order chi connectivity index (χ1) is 22.9. The molecule has 256 valence electrons. The van der Waals surface area contributed by atoms with Crippen LogP contribution in [0.2, 0.25) is 25.7 Å². The quantitative estimate of drug-likeness (QED) is 0.157. The van der Waals surface area contributed by atoms with E-state index in [0.29, 0.717) is 39.1 Å². The summed E-state index contributed by atoms with van der Waals surface area (Å²) in [6, 6.07) is 7.10. The number of nitriles is 1. The van der Waals surface area contributed by atoms with Crippen LogP contribution in [0.1, 0.15) is 43.6 Å². The van der Waals surface area contributed by atoms with Crippen LogP contribution in [0.4, 0.5) is 13.2 Å². The van der Waals surface area contributed by atoms with Crippen molar-refractivity contribution in [1.82, 2.24) is 39.2 Å². The van der Waals surface area contributed by atoms with E-state index in [-0.39, 0.29) is 30.3 Å². The summed E-state index contributed by atoms with van der Waals surface area (Å²) in [5.41, 5.74) is 7.59. The number of hydrogen-bond donors (Lipinski definition) is 1. The van der Waals surface area contributed by atoms with Gasteiger partial charge in [-0.15, -0.1) is 0 Å². The summed E-state index contributed by atoms with van der Waals surface area (Å²) in [5, 5.41) is 15.4. The topological polar surface area (TPSA) is 146 Å². The second-order valence-corrected chi connectivity index (χ2v) is 19.6. The van der Waals surface area contributed by atoms with Crippen LogP contribution in [0.25, 0.3) is 22.3 Å². The van der Waals surface area contributed by atoms with Gasteiger partial charge in [0.05, 0.1) is 30.1 Å². The molecule has 2 N–H and O–H groups in total. The predicted octanol–water partition coefficient (Wildman–Crippen LogP) is 5.19. The zero-order valence-corrected chi connectivity index (χ0v) is 28.4. The first kappa shape index (κ1) is 34.0. The Hall–Kier alpha value is -3.91. The fourth-order valence-corrected chi connectivity index (χ4v) is 7.26.